The van der Waals surface area contributed by atoms with E-state index in [0.717, 1.165) is 16.5 Å². The Morgan fingerprint density at radius 3 is 2.54 bits per heavy atom. The number of aromatic amines is 1. The van der Waals surface area contributed by atoms with E-state index in [9.17, 15) is 14.4 Å². The molecule has 144 valence electrons. The first kappa shape index (κ1) is 19.4. The van der Waals surface area contributed by atoms with Gasteiger partial charge < -0.3 is 20.7 Å². The van der Waals surface area contributed by atoms with Crippen molar-refractivity contribution >= 4 is 40.3 Å². The molecule has 0 aliphatic heterocycles. The van der Waals surface area contributed by atoms with Crippen molar-refractivity contribution in [3.8, 4) is 0 Å². The van der Waals surface area contributed by atoms with Crippen LogP contribution in [0.25, 0.3) is 10.9 Å². The molecule has 0 saturated carbocycles. The van der Waals surface area contributed by atoms with Crippen LogP contribution in [0, 0.1) is 0 Å². The van der Waals surface area contributed by atoms with Crippen LogP contribution in [0.15, 0.2) is 54.6 Å². The fourth-order valence-corrected chi connectivity index (χ4v) is 2.99. The first-order valence-electron chi connectivity index (χ1n) is 8.55. The van der Waals surface area contributed by atoms with Crippen LogP contribution in [0.2, 0.25) is 5.02 Å². The van der Waals surface area contributed by atoms with Gasteiger partial charge in [-0.1, -0.05) is 41.9 Å². The summed E-state index contributed by atoms with van der Waals surface area (Å²) in [5.41, 5.74) is 1.85. The second kappa shape index (κ2) is 8.58. The van der Waals surface area contributed by atoms with Gasteiger partial charge in [-0.2, -0.15) is 0 Å². The SMILES string of the molecule is O=C(O)CNC(=O)[C@H](Cc1ccccc1)NC(=O)c1cc2cc(Cl)ccc2[nH]1. The van der Waals surface area contributed by atoms with Gasteiger partial charge in [0, 0.05) is 22.3 Å². The smallest absolute Gasteiger partial charge is 0.322 e. The first-order chi connectivity index (χ1) is 13.4. The van der Waals surface area contributed by atoms with E-state index in [0.29, 0.717) is 5.02 Å². The Kier molecular flexibility index (Phi) is 5.96. The van der Waals surface area contributed by atoms with Crippen LogP contribution in [0.5, 0.6) is 0 Å². The molecule has 1 heterocycles. The molecule has 28 heavy (non-hydrogen) atoms. The van der Waals surface area contributed by atoms with Crippen molar-refractivity contribution in [3.05, 3.63) is 70.9 Å². The van der Waals surface area contributed by atoms with Crippen molar-refractivity contribution in [2.75, 3.05) is 6.54 Å². The fourth-order valence-electron chi connectivity index (χ4n) is 2.81. The molecule has 0 aliphatic rings. The molecule has 0 radical (unpaired) electrons. The normalized spacial score (nSPS) is 11.8. The molecular weight excluding hydrogens is 382 g/mol. The van der Waals surface area contributed by atoms with Crippen LogP contribution in [-0.4, -0.2) is 40.5 Å². The summed E-state index contributed by atoms with van der Waals surface area (Å²) < 4.78 is 0. The lowest BCUT2D eigenvalue weighted by atomic mass is 10.0. The number of rotatable bonds is 7. The van der Waals surface area contributed by atoms with Crippen LogP contribution in [0.1, 0.15) is 16.1 Å². The zero-order valence-electron chi connectivity index (χ0n) is 14.7. The molecule has 7 nitrogen and oxygen atoms in total. The Bertz CT molecular complexity index is 1020. The van der Waals surface area contributed by atoms with Gasteiger partial charge >= 0.3 is 5.97 Å². The summed E-state index contributed by atoms with van der Waals surface area (Å²) in [5.74, 6) is -2.21. The molecule has 1 aromatic heterocycles. The van der Waals surface area contributed by atoms with Gasteiger partial charge in [-0.25, -0.2) is 0 Å². The highest BCUT2D eigenvalue weighted by Gasteiger charge is 2.23. The lowest BCUT2D eigenvalue weighted by Crippen LogP contribution is -2.49. The molecule has 0 unspecified atom stereocenters. The summed E-state index contributed by atoms with van der Waals surface area (Å²) in [6.07, 6.45) is 0.226. The van der Waals surface area contributed by atoms with E-state index in [1.54, 1.807) is 24.3 Å². The number of carbonyl (C=O) groups is 3. The minimum atomic E-state index is -1.16. The van der Waals surface area contributed by atoms with Crippen molar-refractivity contribution in [2.45, 2.75) is 12.5 Å². The minimum Gasteiger partial charge on any atom is -0.480 e. The maximum atomic E-state index is 12.7. The standard InChI is InChI=1S/C20H18ClN3O4/c21-14-6-7-15-13(9-14)10-17(23-15)20(28)24-16(19(27)22-11-18(25)26)8-12-4-2-1-3-5-12/h1-7,9-10,16,23H,8,11H2,(H,22,27)(H,24,28)(H,25,26)/t16-/m0/s1. The maximum absolute atomic E-state index is 12.7. The number of carboxylic acid groups (broad SMARTS) is 1. The minimum absolute atomic E-state index is 0.226. The number of fused-ring (bicyclic) bond motifs is 1. The van der Waals surface area contributed by atoms with Gasteiger partial charge in [-0.3, -0.25) is 14.4 Å². The molecule has 3 rings (SSSR count). The van der Waals surface area contributed by atoms with Crippen molar-refractivity contribution in [1.29, 1.82) is 0 Å². The zero-order chi connectivity index (χ0) is 20.1. The molecule has 4 N–H and O–H groups in total. The predicted octanol–water partition coefficient (Wildman–Crippen LogP) is 2.36. The number of benzene rings is 2. The Labute approximate surface area is 165 Å². The average Bonchev–Trinajstić information content (AvgIpc) is 3.09. The molecule has 0 saturated heterocycles. The van der Waals surface area contributed by atoms with Gasteiger partial charge in [0.25, 0.3) is 5.91 Å². The molecule has 0 aliphatic carbocycles. The topological polar surface area (TPSA) is 111 Å². The van der Waals surface area contributed by atoms with E-state index in [-0.39, 0.29) is 12.1 Å². The monoisotopic (exact) mass is 399 g/mol. The third kappa shape index (κ3) is 4.89. The summed E-state index contributed by atoms with van der Waals surface area (Å²) >= 11 is 5.97. The molecule has 3 aromatic rings. The molecule has 2 aromatic carbocycles. The van der Waals surface area contributed by atoms with Crippen LogP contribution >= 0.6 is 11.6 Å². The Morgan fingerprint density at radius 2 is 1.82 bits per heavy atom. The van der Waals surface area contributed by atoms with Gasteiger partial charge in [0.15, 0.2) is 0 Å². The van der Waals surface area contributed by atoms with E-state index in [4.69, 9.17) is 16.7 Å². The second-order valence-electron chi connectivity index (χ2n) is 6.24. The number of amides is 2. The van der Waals surface area contributed by atoms with Crippen molar-refractivity contribution < 1.29 is 19.5 Å². The number of aliphatic carboxylic acids is 1. The van der Waals surface area contributed by atoms with E-state index < -0.39 is 30.4 Å². The van der Waals surface area contributed by atoms with E-state index >= 15 is 0 Å². The number of hydrogen-bond donors (Lipinski definition) is 4. The number of carbonyl (C=O) groups excluding carboxylic acids is 2. The highest BCUT2D eigenvalue weighted by molar-refractivity contribution is 6.31. The van der Waals surface area contributed by atoms with Crippen molar-refractivity contribution in [2.24, 2.45) is 0 Å². The quantitative estimate of drug-likeness (QED) is 0.488. The number of aromatic nitrogens is 1. The van der Waals surface area contributed by atoms with Crippen molar-refractivity contribution in [3.63, 3.8) is 0 Å². The molecule has 2 amide bonds. The van der Waals surface area contributed by atoms with Crippen LogP contribution in [-0.2, 0) is 16.0 Å². The molecule has 0 fully saturated rings. The van der Waals surface area contributed by atoms with E-state index in [1.165, 1.54) is 0 Å². The summed E-state index contributed by atoms with van der Waals surface area (Å²) in [4.78, 5) is 38.8. The average molecular weight is 400 g/mol. The number of hydrogen-bond acceptors (Lipinski definition) is 3. The third-order valence-electron chi connectivity index (χ3n) is 4.15. The number of nitrogens with one attached hydrogen (secondary N) is 3. The zero-order valence-corrected chi connectivity index (χ0v) is 15.5. The maximum Gasteiger partial charge on any atom is 0.322 e. The fraction of sp³-hybridized carbons (Fsp3) is 0.150. The van der Waals surface area contributed by atoms with E-state index in [1.807, 2.05) is 30.3 Å². The van der Waals surface area contributed by atoms with Gasteiger partial charge in [0.05, 0.1) is 0 Å². The summed E-state index contributed by atoms with van der Waals surface area (Å²) in [5, 5.41) is 15.1. The Hall–Kier alpha value is -3.32. The first-order valence-corrected chi connectivity index (χ1v) is 8.93. The molecule has 0 bridgehead atoms. The Balaban J connectivity index is 1.78. The molecular formula is C20H18ClN3O4. The number of H-pyrrole nitrogens is 1. The van der Waals surface area contributed by atoms with Gasteiger partial charge in [0.1, 0.15) is 18.3 Å². The van der Waals surface area contributed by atoms with Gasteiger partial charge in [0.2, 0.25) is 5.91 Å². The summed E-state index contributed by atoms with van der Waals surface area (Å²) in [6.45, 7) is -0.523. The van der Waals surface area contributed by atoms with Crippen LogP contribution < -0.4 is 10.6 Å². The van der Waals surface area contributed by atoms with Crippen LogP contribution in [0.3, 0.4) is 0 Å². The molecule has 0 spiro atoms. The highest BCUT2D eigenvalue weighted by atomic mass is 35.5. The largest absolute Gasteiger partial charge is 0.480 e. The molecule has 1 atom stereocenters. The van der Waals surface area contributed by atoms with E-state index in [2.05, 4.69) is 15.6 Å². The highest BCUT2D eigenvalue weighted by Crippen LogP contribution is 2.20. The number of halogens is 1. The molecule has 8 heteroatoms. The Morgan fingerprint density at radius 1 is 1.07 bits per heavy atom. The predicted molar refractivity (Wildman–Crippen MR) is 105 cm³/mol. The number of carboxylic acids is 1. The lowest BCUT2D eigenvalue weighted by molar-refractivity contribution is -0.138. The van der Waals surface area contributed by atoms with Crippen molar-refractivity contribution in [1.82, 2.24) is 15.6 Å². The summed E-state index contributed by atoms with van der Waals surface area (Å²) in [7, 11) is 0. The van der Waals surface area contributed by atoms with Gasteiger partial charge in [-0.15, -0.1) is 0 Å². The lowest BCUT2D eigenvalue weighted by Gasteiger charge is -2.18. The summed E-state index contributed by atoms with van der Waals surface area (Å²) in [6, 6.07) is 15.1. The third-order valence-corrected chi connectivity index (χ3v) is 4.38. The second-order valence-corrected chi connectivity index (χ2v) is 6.68. The van der Waals surface area contributed by atoms with Crippen LogP contribution in [0.4, 0.5) is 0 Å². The van der Waals surface area contributed by atoms with Gasteiger partial charge in [-0.05, 0) is 29.8 Å².